The summed E-state index contributed by atoms with van der Waals surface area (Å²) < 4.78 is 0. The zero-order valence-electron chi connectivity index (χ0n) is 13.5. The van der Waals surface area contributed by atoms with E-state index in [1.54, 1.807) is 0 Å². The van der Waals surface area contributed by atoms with Crippen LogP contribution >= 0.6 is 0 Å². The third-order valence-corrected chi connectivity index (χ3v) is 5.99. The van der Waals surface area contributed by atoms with Gasteiger partial charge in [-0.1, -0.05) is 75.5 Å². The summed E-state index contributed by atoms with van der Waals surface area (Å²) in [5.74, 6) is 3.21. The Labute approximate surface area is 125 Å². The summed E-state index contributed by atoms with van der Waals surface area (Å²) in [5, 5.41) is 11.8. The molecule has 0 spiro atoms. The number of rotatable bonds is 3. The highest BCUT2D eigenvalue weighted by atomic mass is 28.3. The zero-order chi connectivity index (χ0) is 15.4. The molecule has 0 bridgehead atoms. The summed E-state index contributed by atoms with van der Waals surface area (Å²) in [6.07, 6.45) is 1.45. The standard InChI is InChI=1S/C17H26OSi2/c1-19(2,3)14-10-13-16(20(4,5)6)17(18)15-11-8-7-9-12-15/h7-9,11-13,17-18H,1-6H3. The second-order valence-corrected chi connectivity index (χ2v) is 17.0. The Kier molecular flexibility index (Phi) is 5.58. The first-order valence-electron chi connectivity index (χ1n) is 7.07. The molecule has 1 unspecified atom stereocenters. The minimum Gasteiger partial charge on any atom is -0.384 e. The van der Waals surface area contributed by atoms with Crippen molar-refractivity contribution in [1.29, 1.82) is 0 Å². The SMILES string of the molecule is C[Si](C)(C)C#CC=C(C(O)c1ccccc1)[Si](C)(C)C. The maximum absolute atomic E-state index is 10.7. The average Bonchev–Trinajstić information content (AvgIpc) is 2.32. The number of hydrogen-bond acceptors (Lipinski definition) is 1. The number of aliphatic hydroxyl groups is 1. The van der Waals surface area contributed by atoms with Crippen molar-refractivity contribution in [2.75, 3.05) is 0 Å². The molecule has 1 atom stereocenters. The monoisotopic (exact) mass is 302 g/mol. The van der Waals surface area contributed by atoms with Gasteiger partial charge >= 0.3 is 0 Å². The van der Waals surface area contributed by atoms with E-state index < -0.39 is 22.3 Å². The Morgan fingerprint density at radius 3 is 2.05 bits per heavy atom. The molecule has 1 N–H and O–H groups in total. The molecule has 1 rings (SSSR count). The van der Waals surface area contributed by atoms with E-state index in [4.69, 9.17) is 0 Å². The smallest absolute Gasteiger partial charge is 0.129 e. The van der Waals surface area contributed by atoms with E-state index in [9.17, 15) is 5.11 Å². The van der Waals surface area contributed by atoms with Crippen LogP contribution in [0.25, 0.3) is 0 Å². The Morgan fingerprint density at radius 1 is 1.05 bits per heavy atom. The normalized spacial score (nSPS) is 14.4. The maximum atomic E-state index is 10.7. The van der Waals surface area contributed by atoms with Crippen molar-refractivity contribution in [2.24, 2.45) is 0 Å². The average molecular weight is 303 g/mol. The van der Waals surface area contributed by atoms with Crippen LogP contribution in [0.15, 0.2) is 41.6 Å². The van der Waals surface area contributed by atoms with Crippen molar-refractivity contribution in [1.82, 2.24) is 0 Å². The largest absolute Gasteiger partial charge is 0.384 e. The van der Waals surface area contributed by atoms with Crippen LogP contribution in [-0.4, -0.2) is 21.3 Å². The summed E-state index contributed by atoms with van der Waals surface area (Å²) in [6.45, 7) is 13.4. The third-order valence-electron chi connectivity index (χ3n) is 2.95. The van der Waals surface area contributed by atoms with Crippen LogP contribution in [0.1, 0.15) is 11.7 Å². The number of allylic oxidation sites excluding steroid dienone is 1. The lowest BCUT2D eigenvalue weighted by Gasteiger charge is -2.25. The lowest BCUT2D eigenvalue weighted by atomic mass is 10.1. The highest BCUT2D eigenvalue weighted by Crippen LogP contribution is 2.28. The molecule has 0 radical (unpaired) electrons. The molecule has 0 aliphatic carbocycles. The molecule has 0 aromatic heterocycles. The van der Waals surface area contributed by atoms with E-state index in [1.165, 1.54) is 0 Å². The van der Waals surface area contributed by atoms with Crippen molar-refractivity contribution in [3.63, 3.8) is 0 Å². The van der Waals surface area contributed by atoms with Crippen molar-refractivity contribution in [3.8, 4) is 11.5 Å². The topological polar surface area (TPSA) is 20.2 Å². The summed E-state index contributed by atoms with van der Waals surface area (Å²) in [4.78, 5) is 0. The van der Waals surface area contributed by atoms with Gasteiger partial charge in [-0.2, -0.15) is 0 Å². The van der Waals surface area contributed by atoms with Gasteiger partial charge in [0.1, 0.15) is 8.07 Å². The summed E-state index contributed by atoms with van der Waals surface area (Å²) in [7, 11) is -2.97. The predicted molar refractivity (Wildman–Crippen MR) is 94.0 cm³/mol. The first-order valence-corrected chi connectivity index (χ1v) is 14.1. The third kappa shape index (κ3) is 5.50. The van der Waals surface area contributed by atoms with Gasteiger partial charge in [0.25, 0.3) is 0 Å². The van der Waals surface area contributed by atoms with Crippen molar-refractivity contribution in [3.05, 3.63) is 47.2 Å². The van der Waals surface area contributed by atoms with Crippen LogP contribution in [0.4, 0.5) is 0 Å². The molecule has 0 fully saturated rings. The van der Waals surface area contributed by atoms with Crippen LogP contribution in [0.3, 0.4) is 0 Å². The van der Waals surface area contributed by atoms with E-state index >= 15 is 0 Å². The molecular weight excluding hydrogens is 276 g/mol. The van der Waals surface area contributed by atoms with Crippen LogP contribution in [0.5, 0.6) is 0 Å². The second kappa shape index (κ2) is 6.58. The second-order valence-electron chi connectivity index (χ2n) is 7.18. The van der Waals surface area contributed by atoms with Crippen molar-refractivity contribution >= 4 is 16.1 Å². The summed E-state index contributed by atoms with van der Waals surface area (Å²) >= 11 is 0. The molecular formula is C17H26OSi2. The Balaban J connectivity index is 3.14. The van der Waals surface area contributed by atoms with Crippen LogP contribution in [-0.2, 0) is 0 Å². The molecule has 0 saturated carbocycles. The number of hydrogen-bond donors (Lipinski definition) is 1. The predicted octanol–water partition coefficient (Wildman–Crippen LogP) is 4.40. The number of benzene rings is 1. The van der Waals surface area contributed by atoms with E-state index in [0.717, 1.165) is 10.8 Å². The molecule has 108 valence electrons. The molecule has 1 aromatic carbocycles. The quantitative estimate of drug-likeness (QED) is 0.648. The van der Waals surface area contributed by atoms with Crippen LogP contribution < -0.4 is 0 Å². The van der Waals surface area contributed by atoms with Gasteiger partial charge in [0.15, 0.2) is 0 Å². The van der Waals surface area contributed by atoms with E-state index in [-0.39, 0.29) is 0 Å². The summed E-state index contributed by atoms with van der Waals surface area (Å²) in [5.41, 5.74) is 4.31. The molecule has 0 aliphatic heterocycles. The minimum atomic E-state index is -1.60. The first-order chi connectivity index (χ1) is 9.11. The lowest BCUT2D eigenvalue weighted by Crippen LogP contribution is -2.28. The Morgan fingerprint density at radius 2 is 1.60 bits per heavy atom. The van der Waals surface area contributed by atoms with Gasteiger partial charge in [0.2, 0.25) is 0 Å². The fraction of sp³-hybridized carbons (Fsp3) is 0.412. The number of aliphatic hydroxyl groups excluding tert-OH is 1. The summed E-state index contributed by atoms with van der Waals surface area (Å²) in [6, 6.07) is 9.86. The van der Waals surface area contributed by atoms with Crippen molar-refractivity contribution < 1.29 is 5.11 Å². The Bertz CT molecular complexity index is 522. The molecule has 1 nitrogen and oxygen atoms in total. The molecule has 20 heavy (non-hydrogen) atoms. The molecule has 1 aromatic rings. The van der Waals surface area contributed by atoms with Gasteiger partial charge < -0.3 is 5.11 Å². The molecule has 0 saturated heterocycles. The Hall–Kier alpha value is -1.09. The molecule has 0 amide bonds. The van der Waals surface area contributed by atoms with Gasteiger partial charge in [-0.15, -0.1) is 5.54 Å². The fourth-order valence-electron chi connectivity index (χ4n) is 1.85. The van der Waals surface area contributed by atoms with E-state index in [2.05, 4.69) is 50.7 Å². The highest BCUT2D eigenvalue weighted by Gasteiger charge is 2.26. The maximum Gasteiger partial charge on any atom is 0.129 e. The molecule has 0 aliphatic rings. The zero-order valence-corrected chi connectivity index (χ0v) is 15.5. The van der Waals surface area contributed by atoms with E-state index in [1.807, 2.05) is 36.4 Å². The van der Waals surface area contributed by atoms with Gasteiger partial charge in [-0.05, 0) is 16.8 Å². The fourth-order valence-corrected chi connectivity index (χ4v) is 3.85. The van der Waals surface area contributed by atoms with Crippen LogP contribution in [0, 0.1) is 11.5 Å². The van der Waals surface area contributed by atoms with Gasteiger partial charge in [0, 0.05) is 0 Å². The highest BCUT2D eigenvalue weighted by molar-refractivity contribution is 6.84. The first kappa shape index (κ1) is 17.0. The van der Waals surface area contributed by atoms with Crippen molar-refractivity contribution in [2.45, 2.75) is 45.4 Å². The van der Waals surface area contributed by atoms with E-state index in [0.29, 0.717) is 0 Å². The van der Waals surface area contributed by atoms with Gasteiger partial charge in [0.05, 0.1) is 14.2 Å². The van der Waals surface area contributed by atoms with Crippen LogP contribution in [0.2, 0.25) is 39.3 Å². The van der Waals surface area contributed by atoms with Gasteiger partial charge in [-0.3, -0.25) is 0 Å². The minimum absolute atomic E-state index is 0.529. The lowest BCUT2D eigenvalue weighted by molar-refractivity contribution is 0.222. The van der Waals surface area contributed by atoms with Gasteiger partial charge in [-0.25, -0.2) is 0 Å². The molecule has 3 heteroatoms. The molecule has 0 heterocycles.